The summed E-state index contributed by atoms with van der Waals surface area (Å²) in [5.41, 5.74) is 1.26. The van der Waals surface area contributed by atoms with E-state index in [4.69, 9.17) is 11.6 Å². The zero-order chi connectivity index (χ0) is 13.0. The average Bonchev–Trinajstić information content (AvgIpc) is 2.81. The lowest BCUT2D eigenvalue weighted by Gasteiger charge is -2.19. The van der Waals surface area contributed by atoms with Gasteiger partial charge in [0, 0.05) is 26.8 Å². The van der Waals surface area contributed by atoms with Gasteiger partial charge in [-0.3, -0.25) is 0 Å². The molecule has 1 nitrogen and oxygen atoms in total. The van der Waals surface area contributed by atoms with Gasteiger partial charge in [0.05, 0.1) is 0 Å². The Morgan fingerprint density at radius 1 is 1.39 bits per heavy atom. The highest BCUT2D eigenvalue weighted by Crippen LogP contribution is 2.29. The molecule has 1 aromatic carbocycles. The van der Waals surface area contributed by atoms with Gasteiger partial charge < -0.3 is 5.32 Å². The number of hydrogen-bond acceptors (Lipinski definition) is 2. The zero-order valence-electron chi connectivity index (χ0n) is 10.1. The van der Waals surface area contributed by atoms with Crippen LogP contribution in [0.4, 0.5) is 0 Å². The fourth-order valence-corrected chi connectivity index (χ4v) is 3.66. The molecule has 0 aliphatic carbocycles. The molecule has 2 rings (SSSR count). The molecule has 0 radical (unpaired) electrons. The van der Waals surface area contributed by atoms with Gasteiger partial charge in [0.25, 0.3) is 0 Å². The van der Waals surface area contributed by atoms with Crippen molar-refractivity contribution >= 4 is 38.9 Å². The highest BCUT2D eigenvalue weighted by atomic mass is 79.9. The predicted molar refractivity (Wildman–Crippen MR) is 83.6 cm³/mol. The molecule has 1 atom stereocenters. The van der Waals surface area contributed by atoms with E-state index >= 15 is 0 Å². The van der Waals surface area contributed by atoms with Crippen LogP contribution in [0.5, 0.6) is 0 Å². The molecule has 96 valence electrons. The van der Waals surface area contributed by atoms with Crippen LogP contribution in [0.2, 0.25) is 5.02 Å². The van der Waals surface area contributed by atoms with E-state index in [1.165, 1.54) is 10.4 Å². The molecule has 2 aromatic rings. The van der Waals surface area contributed by atoms with Crippen molar-refractivity contribution in [3.05, 3.63) is 55.6 Å². The van der Waals surface area contributed by atoms with Gasteiger partial charge in [0.1, 0.15) is 0 Å². The van der Waals surface area contributed by atoms with Gasteiger partial charge in [0.15, 0.2) is 0 Å². The van der Waals surface area contributed by atoms with Crippen LogP contribution in [0.1, 0.15) is 23.4 Å². The molecule has 4 heteroatoms. The van der Waals surface area contributed by atoms with Gasteiger partial charge in [0.2, 0.25) is 0 Å². The van der Waals surface area contributed by atoms with Gasteiger partial charge in [-0.1, -0.05) is 46.6 Å². The maximum atomic E-state index is 5.99. The van der Waals surface area contributed by atoms with Crippen molar-refractivity contribution in [1.82, 2.24) is 5.32 Å². The van der Waals surface area contributed by atoms with Crippen molar-refractivity contribution in [2.75, 3.05) is 6.54 Å². The predicted octanol–water partition coefficient (Wildman–Crippen LogP) is 5.06. The normalized spacial score (nSPS) is 12.6. The van der Waals surface area contributed by atoms with Crippen LogP contribution in [-0.2, 0) is 6.42 Å². The molecule has 18 heavy (non-hydrogen) atoms. The molecule has 0 saturated heterocycles. The minimum atomic E-state index is 0.320. The molecule has 1 aromatic heterocycles. The van der Waals surface area contributed by atoms with E-state index in [9.17, 15) is 0 Å². The number of likely N-dealkylation sites (N-methyl/N-ethyl adjacent to an activating group) is 1. The van der Waals surface area contributed by atoms with Crippen LogP contribution in [0, 0.1) is 0 Å². The second-order valence-electron chi connectivity index (χ2n) is 4.06. The number of nitrogens with one attached hydrogen (secondary N) is 1. The molecule has 0 fully saturated rings. The topological polar surface area (TPSA) is 12.0 Å². The van der Waals surface area contributed by atoms with Gasteiger partial charge in [-0.2, -0.15) is 0 Å². The van der Waals surface area contributed by atoms with Crippen molar-refractivity contribution < 1.29 is 0 Å². The summed E-state index contributed by atoms with van der Waals surface area (Å²) >= 11 is 11.4. The quantitative estimate of drug-likeness (QED) is 0.799. The molecule has 0 spiro atoms. The first-order valence-corrected chi connectivity index (χ1v) is 7.96. The summed E-state index contributed by atoms with van der Waals surface area (Å²) in [7, 11) is 0. The number of rotatable bonds is 5. The Kier molecular flexibility index (Phi) is 5.25. The maximum absolute atomic E-state index is 5.99. The third-order valence-corrected chi connectivity index (χ3v) is 4.59. The summed E-state index contributed by atoms with van der Waals surface area (Å²) in [6.07, 6.45) is 1.01. The molecule has 0 bridgehead atoms. The molecule has 0 aliphatic rings. The first kappa shape index (κ1) is 14.1. The smallest absolute Gasteiger partial charge is 0.0417 e. The van der Waals surface area contributed by atoms with E-state index in [-0.39, 0.29) is 0 Å². The summed E-state index contributed by atoms with van der Waals surface area (Å²) in [5.74, 6) is 0. The fraction of sp³-hybridized carbons (Fsp3) is 0.286. The van der Waals surface area contributed by atoms with Crippen molar-refractivity contribution in [2.24, 2.45) is 0 Å². The number of thiophene rings is 1. The second-order valence-corrected chi connectivity index (χ2v) is 6.38. The standard InChI is InChI=1S/C14H15BrClNS/c1-2-17-14(9-11-4-3-7-18-11)12-6-5-10(16)8-13(12)15/h3-8,14,17H,2,9H2,1H3. The summed E-state index contributed by atoms with van der Waals surface area (Å²) in [4.78, 5) is 1.39. The third kappa shape index (κ3) is 3.58. The summed E-state index contributed by atoms with van der Waals surface area (Å²) in [6, 6.07) is 10.6. The molecule has 0 saturated carbocycles. The molecular formula is C14H15BrClNS. The Balaban J connectivity index is 2.23. The van der Waals surface area contributed by atoms with Crippen molar-refractivity contribution in [3.8, 4) is 0 Å². The highest BCUT2D eigenvalue weighted by Gasteiger charge is 2.14. The van der Waals surface area contributed by atoms with E-state index in [1.54, 1.807) is 11.3 Å². The molecule has 1 N–H and O–H groups in total. The molecule has 0 aliphatic heterocycles. The first-order valence-electron chi connectivity index (χ1n) is 5.91. The Bertz CT molecular complexity index is 499. The van der Waals surface area contributed by atoms with E-state index in [0.717, 1.165) is 22.5 Å². The van der Waals surface area contributed by atoms with Crippen LogP contribution in [-0.4, -0.2) is 6.54 Å². The Morgan fingerprint density at radius 3 is 2.83 bits per heavy atom. The largest absolute Gasteiger partial charge is 0.310 e. The monoisotopic (exact) mass is 343 g/mol. The minimum Gasteiger partial charge on any atom is -0.310 e. The lowest BCUT2D eigenvalue weighted by molar-refractivity contribution is 0.551. The summed E-state index contributed by atoms with van der Waals surface area (Å²) in [6.45, 7) is 3.08. The Morgan fingerprint density at radius 2 is 2.22 bits per heavy atom. The van der Waals surface area contributed by atoms with Crippen LogP contribution in [0.15, 0.2) is 40.2 Å². The molecule has 0 amide bonds. The van der Waals surface area contributed by atoms with Crippen molar-refractivity contribution in [3.63, 3.8) is 0 Å². The summed E-state index contributed by atoms with van der Waals surface area (Å²) in [5, 5.41) is 6.41. The Labute approximate surface area is 125 Å². The van der Waals surface area contributed by atoms with E-state index in [0.29, 0.717) is 6.04 Å². The molecular weight excluding hydrogens is 330 g/mol. The third-order valence-electron chi connectivity index (χ3n) is 2.77. The maximum Gasteiger partial charge on any atom is 0.0417 e. The van der Waals surface area contributed by atoms with E-state index < -0.39 is 0 Å². The van der Waals surface area contributed by atoms with Gasteiger partial charge in [-0.15, -0.1) is 11.3 Å². The molecule has 1 heterocycles. The number of halogens is 2. The first-order chi connectivity index (χ1) is 8.70. The minimum absolute atomic E-state index is 0.320. The lowest BCUT2D eigenvalue weighted by Crippen LogP contribution is -2.23. The van der Waals surface area contributed by atoms with E-state index in [1.807, 2.05) is 12.1 Å². The fourth-order valence-electron chi connectivity index (χ4n) is 1.95. The van der Waals surface area contributed by atoms with E-state index in [2.05, 4.69) is 51.7 Å². The van der Waals surface area contributed by atoms with Crippen LogP contribution >= 0.6 is 38.9 Å². The van der Waals surface area contributed by atoms with Crippen LogP contribution in [0.25, 0.3) is 0 Å². The number of hydrogen-bond donors (Lipinski definition) is 1. The van der Waals surface area contributed by atoms with Crippen molar-refractivity contribution in [2.45, 2.75) is 19.4 Å². The lowest BCUT2D eigenvalue weighted by atomic mass is 10.0. The summed E-state index contributed by atoms with van der Waals surface area (Å²) < 4.78 is 1.07. The highest BCUT2D eigenvalue weighted by molar-refractivity contribution is 9.10. The van der Waals surface area contributed by atoms with Gasteiger partial charge >= 0.3 is 0 Å². The Hall–Kier alpha value is -0.350. The zero-order valence-corrected chi connectivity index (χ0v) is 13.3. The molecule has 1 unspecified atom stereocenters. The van der Waals surface area contributed by atoms with Gasteiger partial charge in [-0.05, 0) is 35.7 Å². The number of benzene rings is 1. The van der Waals surface area contributed by atoms with Crippen molar-refractivity contribution in [1.29, 1.82) is 0 Å². The van der Waals surface area contributed by atoms with Crippen LogP contribution < -0.4 is 5.32 Å². The average molecular weight is 345 g/mol. The van der Waals surface area contributed by atoms with Crippen LogP contribution in [0.3, 0.4) is 0 Å². The SMILES string of the molecule is CCNC(Cc1cccs1)c1ccc(Cl)cc1Br. The van der Waals surface area contributed by atoms with Gasteiger partial charge in [-0.25, -0.2) is 0 Å². The second kappa shape index (κ2) is 6.71.